The number of halogens is 3. The van der Waals surface area contributed by atoms with Gasteiger partial charge in [-0.2, -0.15) is 13.2 Å². The number of alkyl halides is 3. The van der Waals surface area contributed by atoms with Gasteiger partial charge in [-0.1, -0.05) is 12.8 Å². The Bertz CT molecular complexity index is 569. The second-order valence-electron chi connectivity index (χ2n) is 5.86. The molecule has 1 heterocycles. The zero-order valence-electron chi connectivity index (χ0n) is 12.3. The normalized spacial score (nSPS) is 21.3. The topological polar surface area (TPSA) is 79.3 Å². The van der Waals surface area contributed by atoms with Crippen LogP contribution in [0, 0.1) is 11.3 Å². The highest BCUT2D eigenvalue weighted by atomic mass is 19.4. The Hall–Kier alpha value is -2.12. The number of anilines is 1. The number of hydrogen-bond acceptors (Lipinski definition) is 3. The SMILES string of the molecule is O=C(Nc1cccnc1)C1CC12CCCC2.O=C(O)C(F)(F)F. The highest BCUT2D eigenvalue weighted by molar-refractivity contribution is 5.94. The largest absolute Gasteiger partial charge is 0.490 e. The molecule has 0 saturated heterocycles. The highest BCUT2D eigenvalue weighted by Crippen LogP contribution is 2.63. The summed E-state index contributed by atoms with van der Waals surface area (Å²) in [6.45, 7) is 0. The van der Waals surface area contributed by atoms with Crippen molar-refractivity contribution < 1.29 is 27.9 Å². The minimum Gasteiger partial charge on any atom is -0.475 e. The zero-order valence-corrected chi connectivity index (χ0v) is 12.3. The quantitative estimate of drug-likeness (QED) is 0.872. The van der Waals surface area contributed by atoms with Crippen LogP contribution in [0.5, 0.6) is 0 Å². The number of aromatic nitrogens is 1. The van der Waals surface area contributed by atoms with Gasteiger partial charge in [0.05, 0.1) is 11.9 Å². The van der Waals surface area contributed by atoms with E-state index >= 15 is 0 Å². The molecule has 2 saturated carbocycles. The van der Waals surface area contributed by atoms with Crippen LogP contribution in [-0.4, -0.2) is 28.1 Å². The maximum Gasteiger partial charge on any atom is 0.490 e. The third-order valence-corrected chi connectivity index (χ3v) is 4.28. The molecule has 1 aromatic heterocycles. The first-order valence-corrected chi connectivity index (χ1v) is 7.26. The van der Waals surface area contributed by atoms with E-state index in [1.54, 1.807) is 12.4 Å². The van der Waals surface area contributed by atoms with E-state index in [4.69, 9.17) is 9.90 Å². The molecule has 2 fully saturated rings. The first kappa shape index (κ1) is 17.2. The molecule has 5 nitrogen and oxygen atoms in total. The van der Waals surface area contributed by atoms with Gasteiger partial charge in [0.1, 0.15) is 0 Å². The van der Waals surface area contributed by atoms with Gasteiger partial charge in [0.25, 0.3) is 0 Å². The summed E-state index contributed by atoms with van der Waals surface area (Å²) in [6.07, 6.45) is 4.52. The van der Waals surface area contributed by atoms with Gasteiger partial charge in [0.15, 0.2) is 0 Å². The second kappa shape index (κ2) is 6.55. The Morgan fingerprint density at radius 2 is 1.91 bits per heavy atom. The molecule has 126 valence electrons. The smallest absolute Gasteiger partial charge is 0.475 e. The van der Waals surface area contributed by atoms with Crippen molar-refractivity contribution in [3.63, 3.8) is 0 Å². The number of hydrogen-bond donors (Lipinski definition) is 2. The molecule has 23 heavy (non-hydrogen) atoms. The van der Waals surface area contributed by atoms with Gasteiger partial charge in [-0.15, -0.1) is 0 Å². The fourth-order valence-electron chi connectivity index (χ4n) is 3.02. The molecular formula is C15H17F3N2O3. The molecule has 0 aliphatic heterocycles. The van der Waals surface area contributed by atoms with Crippen molar-refractivity contribution in [1.29, 1.82) is 0 Å². The summed E-state index contributed by atoms with van der Waals surface area (Å²) in [5.74, 6) is -2.31. The third kappa shape index (κ3) is 4.43. The Morgan fingerprint density at radius 1 is 1.30 bits per heavy atom. The standard InChI is InChI=1S/C13H16N2O.C2HF3O2/c16-12(15-10-4-3-7-14-9-10)11-8-13(11)5-1-2-6-13;3-2(4,5)1(6)7/h3-4,7,9,11H,1-2,5-6,8H2,(H,15,16);(H,6,7). The van der Waals surface area contributed by atoms with E-state index < -0.39 is 12.1 Å². The van der Waals surface area contributed by atoms with Crippen molar-refractivity contribution in [1.82, 2.24) is 4.98 Å². The van der Waals surface area contributed by atoms with Crippen molar-refractivity contribution in [3.05, 3.63) is 24.5 Å². The lowest BCUT2D eigenvalue weighted by molar-refractivity contribution is -0.192. The number of aliphatic carboxylic acids is 1. The van der Waals surface area contributed by atoms with Crippen molar-refractivity contribution in [3.8, 4) is 0 Å². The molecule has 2 N–H and O–H groups in total. The van der Waals surface area contributed by atoms with Crippen molar-refractivity contribution in [2.75, 3.05) is 5.32 Å². The predicted molar refractivity (Wildman–Crippen MR) is 75.6 cm³/mol. The van der Waals surface area contributed by atoms with E-state index in [-0.39, 0.29) is 11.8 Å². The van der Waals surface area contributed by atoms with Crippen LogP contribution in [-0.2, 0) is 9.59 Å². The summed E-state index contributed by atoms with van der Waals surface area (Å²) in [5, 5.41) is 10.1. The van der Waals surface area contributed by atoms with Crippen LogP contribution in [0.25, 0.3) is 0 Å². The first-order chi connectivity index (χ1) is 10.7. The molecule has 1 amide bonds. The highest BCUT2D eigenvalue weighted by Gasteiger charge is 2.58. The molecule has 3 rings (SSSR count). The predicted octanol–water partition coefficient (Wildman–Crippen LogP) is 3.23. The molecule has 1 atom stereocenters. The lowest BCUT2D eigenvalue weighted by atomic mass is 10.0. The molecule has 1 spiro atoms. The van der Waals surface area contributed by atoms with Crippen LogP contribution in [0.15, 0.2) is 24.5 Å². The van der Waals surface area contributed by atoms with E-state index in [1.807, 2.05) is 12.1 Å². The number of carboxylic acid groups (broad SMARTS) is 1. The molecule has 0 bridgehead atoms. The van der Waals surface area contributed by atoms with E-state index in [0.717, 1.165) is 12.1 Å². The molecule has 2 aliphatic rings. The van der Waals surface area contributed by atoms with Crippen LogP contribution in [0.3, 0.4) is 0 Å². The second-order valence-corrected chi connectivity index (χ2v) is 5.86. The molecule has 0 radical (unpaired) electrons. The molecule has 2 aliphatic carbocycles. The van der Waals surface area contributed by atoms with Gasteiger partial charge < -0.3 is 10.4 Å². The van der Waals surface area contributed by atoms with Crippen molar-refractivity contribution >= 4 is 17.6 Å². The number of carboxylic acids is 1. The van der Waals surface area contributed by atoms with Gasteiger partial charge in [0, 0.05) is 12.1 Å². The van der Waals surface area contributed by atoms with Gasteiger partial charge >= 0.3 is 12.1 Å². The van der Waals surface area contributed by atoms with E-state index in [1.165, 1.54) is 25.7 Å². The monoisotopic (exact) mass is 330 g/mol. The summed E-state index contributed by atoms with van der Waals surface area (Å²) in [7, 11) is 0. The molecule has 1 aromatic rings. The number of carbonyl (C=O) groups excluding carboxylic acids is 1. The minimum atomic E-state index is -5.08. The molecular weight excluding hydrogens is 313 g/mol. The Morgan fingerprint density at radius 3 is 2.39 bits per heavy atom. The summed E-state index contributed by atoms with van der Waals surface area (Å²) < 4.78 is 31.7. The summed E-state index contributed by atoms with van der Waals surface area (Å²) in [4.78, 5) is 24.9. The van der Waals surface area contributed by atoms with Gasteiger partial charge in [-0.3, -0.25) is 9.78 Å². The molecule has 8 heteroatoms. The minimum absolute atomic E-state index is 0.190. The van der Waals surface area contributed by atoms with E-state index in [9.17, 15) is 18.0 Å². The molecule has 0 aromatic carbocycles. The van der Waals surface area contributed by atoms with Gasteiger partial charge in [-0.25, -0.2) is 4.79 Å². The van der Waals surface area contributed by atoms with E-state index in [2.05, 4.69) is 10.3 Å². The number of carbonyl (C=O) groups is 2. The Balaban J connectivity index is 0.000000236. The average molecular weight is 330 g/mol. The number of rotatable bonds is 2. The van der Waals surface area contributed by atoms with Gasteiger partial charge in [0.2, 0.25) is 5.91 Å². The first-order valence-electron chi connectivity index (χ1n) is 7.26. The Kier molecular flexibility index (Phi) is 4.91. The fraction of sp³-hybridized carbons (Fsp3) is 0.533. The van der Waals surface area contributed by atoms with Crippen LogP contribution in [0.2, 0.25) is 0 Å². The average Bonchev–Trinajstić information content (AvgIpc) is 2.97. The summed E-state index contributed by atoms with van der Waals surface area (Å²) in [5.41, 5.74) is 1.19. The number of nitrogens with zero attached hydrogens (tertiary/aromatic N) is 1. The number of pyridine rings is 1. The van der Waals surface area contributed by atoms with Crippen molar-refractivity contribution in [2.45, 2.75) is 38.3 Å². The lowest BCUT2D eigenvalue weighted by Gasteiger charge is -2.08. The van der Waals surface area contributed by atoms with Gasteiger partial charge in [-0.05, 0) is 36.8 Å². The van der Waals surface area contributed by atoms with Crippen LogP contribution < -0.4 is 5.32 Å². The maximum atomic E-state index is 12.0. The van der Waals surface area contributed by atoms with Crippen molar-refractivity contribution in [2.24, 2.45) is 11.3 Å². The summed E-state index contributed by atoms with van der Waals surface area (Å²) in [6, 6.07) is 3.72. The van der Waals surface area contributed by atoms with Crippen LogP contribution in [0.4, 0.5) is 18.9 Å². The molecule has 1 unspecified atom stereocenters. The zero-order chi connectivity index (χ0) is 17.1. The van der Waals surface area contributed by atoms with Crippen LogP contribution >= 0.6 is 0 Å². The number of amides is 1. The van der Waals surface area contributed by atoms with E-state index in [0.29, 0.717) is 5.41 Å². The number of nitrogens with one attached hydrogen (secondary N) is 1. The van der Waals surface area contributed by atoms with Crippen LogP contribution in [0.1, 0.15) is 32.1 Å². The third-order valence-electron chi connectivity index (χ3n) is 4.28. The maximum absolute atomic E-state index is 12.0. The fourth-order valence-corrected chi connectivity index (χ4v) is 3.02. The lowest BCUT2D eigenvalue weighted by Crippen LogP contribution is -2.21. The Labute approximate surface area is 130 Å². The summed E-state index contributed by atoms with van der Waals surface area (Å²) >= 11 is 0.